The van der Waals surface area contributed by atoms with Crippen molar-refractivity contribution in [3.63, 3.8) is 0 Å². The molecule has 0 bridgehead atoms. The summed E-state index contributed by atoms with van der Waals surface area (Å²) in [6.45, 7) is 2.09. The van der Waals surface area contributed by atoms with E-state index in [1.54, 1.807) is 0 Å². The maximum atomic E-state index is 11.6. The van der Waals surface area contributed by atoms with Gasteiger partial charge in [-0.15, -0.1) is 0 Å². The molecule has 2 nitrogen and oxygen atoms in total. The second-order valence-electron chi connectivity index (χ2n) is 3.44. The first-order chi connectivity index (χ1) is 7.13. The average Bonchev–Trinajstić information content (AvgIpc) is 2.26. The maximum absolute atomic E-state index is 11.6. The summed E-state index contributed by atoms with van der Waals surface area (Å²) in [4.78, 5) is 12.0. The number of carbonyl (C=O) groups is 1. The van der Waals surface area contributed by atoms with Gasteiger partial charge in [0.25, 0.3) is 0 Å². The first kappa shape index (κ1) is 11.9. The molecule has 3 heteroatoms. The molecule has 2 N–H and O–H groups in total. The second-order valence-corrected chi connectivity index (χ2v) is 3.96. The molecule has 0 aliphatic heterocycles. The molecule has 0 aliphatic rings. The van der Waals surface area contributed by atoms with Crippen molar-refractivity contribution < 1.29 is 4.79 Å². The number of benzene rings is 1. The van der Waals surface area contributed by atoms with Gasteiger partial charge in [0.05, 0.1) is 4.99 Å². The Morgan fingerprint density at radius 2 is 1.87 bits per heavy atom. The highest BCUT2D eigenvalue weighted by Crippen LogP contribution is 2.08. The number of hydrogen-bond donors (Lipinski definition) is 1. The number of thiocarbonyl (C=S) groups is 1. The number of aryl methyl sites for hydroxylation is 1. The predicted molar refractivity (Wildman–Crippen MR) is 66.2 cm³/mol. The Labute approximate surface area is 95.5 Å². The van der Waals surface area contributed by atoms with Gasteiger partial charge in [-0.05, 0) is 12.0 Å². The minimum Gasteiger partial charge on any atom is -0.393 e. The van der Waals surface area contributed by atoms with Crippen molar-refractivity contribution >= 4 is 23.0 Å². The molecular weight excluding hydrogens is 206 g/mol. The lowest BCUT2D eigenvalue weighted by Crippen LogP contribution is -2.10. The van der Waals surface area contributed by atoms with Gasteiger partial charge in [0, 0.05) is 18.4 Å². The van der Waals surface area contributed by atoms with Crippen LogP contribution in [0.25, 0.3) is 0 Å². The van der Waals surface area contributed by atoms with Crippen molar-refractivity contribution in [2.45, 2.75) is 26.2 Å². The van der Waals surface area contributed by atoms with E-state index in [1.807, 2.05) is 24.3 Å². The van der Waals surface area contributed by atoms with Crippen LogP contribution >= 0.6 is 12.2 Å². The van der Waals surface area contributed by atoms with Gasteiger partial charge in [-0.25, -0.2) is 0 Å². The fraction of sp³-hybridized carbons (Fsp3) is 0.333. The molecular formula is C12H15NOS. The fourth-order valence-electron chi connectivity index (χ4n) is 1.31. The van der Waals surface area contributed by atoms with Crippen LogP contribution in [0.4, 0.5) is 0 Å². The first-order valence-corrected chi connectivity index (χ1v) is 5.44. The van der Waals surface area contributed by atoms with Gasteiger partial charge in [0.2, 0.25) is 0 Å². The second kappa shape index (κ2) is 5.61. The Morgan fingerprint density at radius 1 is 1.27 bits per heavy atom. The lowest BCUT2D eigenvalue weighted by atomic mass is 10.0. The van der Waals surface area contributed by atoms with Crippen molar-refractivity contribution in [3.05, 3.63) is 35.4 Å². The first-order valence-electron chi connectivity index (χ1n) is 5.04. The highest BCUT2D eigenvalue weighted by Gasteiger charge is 2.05. The van der Waals surface area contributed by atoms with E-state index in [9.17, 15) is 4.79 Å². The molecule has 0 aliphatic carbocycles. The summed E-state index contributed by atoms with van der Waals surface area (Å²) < 4.78 is 0. The van der Waals surface area contributed by atoms with Crippen LogP contribution in [0.3, 0.4) is 0 Å². The summed E-state index contributed by atoms with van der Waals surface area (Å²) in [5, 5.41) is 0. The van der Waals surface area contributed by atoms with Gasteiger partial charge in [-0.3, -0.25) is 4.79 Å². The Balaban J connectivity index is 2.62. The third kappa shape index (κ3) is 3.80. The van der Waals surface area contributed by atoms with Gasteiger partial charge in [-0.2, -0.15) is 0 Å². The van der Waals surface area contributed by atoms with Gasteiger partial charge in [0.1, 0.15) is 0 Å². The number of rotatable bonds is 5. The third-order valence-corrected chi connectivity index (χ3v) is 2.49. The highest BCUT2D eigenvalue weighted by atomic mass is 32.1. The van der Waals surface area contributed by atoms with Crippen LogP contribution in [0.2, 0.25) is 0 Å². The summed E-state index contributed by atoms with van der Waals surface area (Å²) in [5.74, 6) is 0.102. The number of ketones is 1. The van der Waals surface area contributed by atoms with E-state index in [2.05, 4.69) is 6.92 Å². The van der Waals surface area contributed by atoms with Crippen molar-refractivity contribution in [1.29, 1.82) is 0 Å². The Morgan fingerprint density at radius 3 is 2.33 bits per heavy atom. The molecule has 80 valence electrons. The SMILES string of the molecule is CCc1ccc(C(=O)CCC(N)=S)cc1. The van der Waals surface area contributed by atoms with Gasteiger partial charge < -0.3 is 5.73 Å². The third-order valence-electron chi connectivity index (χ3n) is 2.28. The molecule has 0 aromatic heterocycles. The summed E-state index contributed by atoms with van der Waals surface area (Å²) in [6.07, 6.45) is 1.88. The van der Waals surface area contributed by atoms with E-state index in [-0.39, 0.29) is 5.78 Å². The number of carbonyl (C=O) groups excluding carboxylic acids is 1. The number of Topliss-reactive ketones (excluding diaryl/α,β-unsaturated/α-hetero) is 1. The van der Waals surface area contributed by atoms with Crippen LogP contribution in [-0.2, 0) is 6.42 Å². The summed E-state index contributed by atoms with van der Waals surface area (Å²) in [5.41, 5.74) is 7.32. The zero-order valence-corrected chi connectivity index (χ0v) is 9.64. The zero-order valence-electron chi connectivity index (χ0n) is 8.82. The molecule has 0 amide bonds. The smallest absolute Gasteiger partial charge is 0.163 e. The minimum absolute atomic E-state index is 0.102. The molecule has 0 saturated carbocycles. The Kier molecular flexibility index (Phi) is 4.43. The minimum atomic E-state index is 0.102. The van der Waals surface area contributed by atoms with Crippen molar-refractivity contribution in [1.82, 2.24) is 0 Å². The largest absolute Gasteiger partial charge is 0.393 e. The van der Waals surface area contributed by atoms with Crippen LogP contribution in [0.15, 0.2) is 24.3 Å². The van der Waals surface area contributed by atoms with Gasteiger partial charge in [-0.1, -0.05) is 43.4 Å². The molecule has 0 heterocycles. The standard InChI is InChI=1S/C12H15NOS/c1-2-9-3-5-10(6-4-9)11(14)7-8-12(13)15/h3-6H,2,7-8H2,1H3,(H2,13,15). The molecule has 0 radical (unpaired) electrons. The van der Waals surface area contributed by atoms with E-state index in [4.69, 9.17) is 18.0 Å². The molecule has 0 atom stereocenters. The molecule has 0 fully saturated rings. The quantitative estimate of drug-likeness (QED) is 0.613. The predicted octanol–water partition coefficient (Wildman–Crippen LogP) is 2.50. The molecule has 0 saturated heterocycles. The summed E-state index contributed by atoms with van der Waals surface area (Å²) in [7, 11) is 0. The topological polar surface area (TPSA) is 43.1 Å². The lowest BCUT2D eigenvalue weighted by molar-refractivity contribution is 0.0985. The summed E-state index contributed by atoms with van der Waals surface area (Å²) in [6, 6.07) is 7.68. The maximum Gasteiger partial charge on any atom is 0.163 e. The molecule has 1 rings (SSSR count). The Bertz CT molecular complexity index is 356. The monoisotopic (exact) mass is 221 g/mol. The van der Waals surface area contributed by atoms with E-state index in [0.29, 0.717) is 17.8 Å². The highest BCUT2D eigenvalue weighted by molar-refractivity contribution is 7.80. The van der Waals surface area contributed by atoms with Crippen LogP contribution in [0.1, 0.15) is 35.7 Å². The van der Waals surface area contributed by atoms with Crippen LogP contribution < -0.4 is 5.73 Å². The van der Waals surface area contributed by atoms with E-state index in [0.717, 1.165) is 12.0 Å². The fourth-order valence-corrected chi connectivity index (χ4v) is 1.41. The van der Waals surface area contributed by atoms with Crippen molar-refractivity contribution in [2.75, 3.05) is 0 Å². The number of nitrogens with two attached hydrogens (primary N) is 1. The van der Waals surface area contributed by atoms with Crippen LogP contribution in [-0.4, -0.2) is 10.8 Å². The van der Waals surface area contributed by atoms with E-state index in [1.165, 1.54) is 5.56 Å². The average molecular weight is 221 g/mol. The van der Waals surface area contributed by atoms with E-state index >= 15 is 0 Å². The molecule has 1 aromatic carbocycles. The van der Waals surface area contributed by atoms with Gasteiger partial charge >= 0.3 is 0 Å². The molecule has 1 aromatic rings. The summed E-state index contributed by atoms with van der Waals surface area (Å²) >= 11 is 4.73. The van der Waals surface area contributed by atoms with Crippen LogP contribution in [0.5, 0.6) is 0 Å². The molecule has 0 unspecified atom stereocenters. The molecule has 15 heavy (non-hydrogen) atoms. The van der Waals surface area contributed by atoms with Crippen molar-refractivity contribution in [2.24, 2.45) is 5.73 Å². The van der Waals surface area contributed by atoms with E-state index < -0.39 is 0 Å². The Hall–Kier alpha value is -1.22. The normalized spacial score (nSPS) is 9.93. The van der Waals surface area contributed by atoms with Crippen molar-refractivity contribution in [3.8, 4) is 0 Å². The lowest BCUT2D eigenvalue weighted by Gasteiger charge is -2.01. The van der Waals surface area contributed by atoms with Crippen LogP contribution in [0, 0.1) is 0 Å². The zero-order chi connectivity index (χ0) is 11.3. The molecule has 0 spiro atoms. The van der Waals surface area contributed by atoms with Gasteiger partial charge in [0.15, 0.2) is 5.78 Å². The number of hydrogen-bond acceptors (Lipinski definition) is 2.